The summed E-state index contributed by atoms with van der Waals surface area (Å²) in [5, 5.41) is 104. The number of ether oxygens (including phenoxy) is 1. The molecular weight excluding hydrogens is 1210 g/mol. The van der Waals surface area contributed by atoms with E-state index < -0.39 is 177 Å². The van der Waals surface area contributed by atoms with Gasteiger partial charge in [0.05, 0.1) is 49.1 Å². The van der Waals surface area contributed by atoms with Crippen LogP contribution in [0.4, 0.5) is 11.4 Å². The molecule has 3 aromatic rings. The summed E-state index contributed by atoms with van der Waals surface area (Å²) >= 11 is -0.000449. The summed E-state index contributed by atoms with van der Waals surface area (Å²) in [6, 6.07) is 6.52. The summed E-state index contributed by atoms with van der Waals surface area (Å²) in [5.41, 5.74) is 7.43. The van der Waals surface area contributed by atoms with Gasteiger partial charge in [-0.05, 0) is 98.8 Å². The average molecular weight is 1290 g/mol. The number of aliphatic hydroxyl groups is 6. The van der Waals surface area contributed by atoms with Gasteiger partial charge in [-0.25, -0.2) is 0 Å². The van der Waals surface area contributed by atoms with Gasteiger partial charge in [-0.1, -0.05) is 19.4 Å². The van der Waals surface area contributed by atoms with Crippen molar-refractivity contribution in [3.05, 3.63) is 77.9 Å². The van der Waals surface area contributed by atoms with E-state index in [2.05, 4.69) is 57.9 Å². The number of phenols is 1. The Hall–Kier alpha value is -6.59. The summed E-state index contributed by atoms with van der Waals surface area (Å²) in [4.78, 5) is 120. The van der Waals surface area contributed by atoms with E-state index in [0.717, 1.165) is 58.8 Å². The third kappa shape index (κ3) is 18.1. The van der Waals surface area contributed by atoms with E-state index >= 15 is 0 Å². The number of nitrogens with one attached hydrogen (secondary N) is 5. The maximum atomic E-state index is 14.7. The normalized spacial score (nSPS) is 27.1. The second kappa shape index (κ2) is 32.6. The van der Waals surface area contributed by atoms with Crippen LogP contribution in [0, 0.1) is 5.92 Å². The van der Waals surface area contributed by atoms with Crippen LogP contribution >= 0.6 is 12.3 Å². The summed E-state index contributed by atoms with van der Waals surface area (Å²) in [6.07, 6.45) is -7.58. The number of primary amides is 1. The molecule has 0 aromatic heterocycles. The number of phenolic OH excluding ortho intramolecular Hbond substituents is 1. The van der Waals surface area contributed by atoms with Crippen molar-refractivity contribution >= 4 is 71.0 Å². The molecule has 4 aliphatic heterocycles. The van der Waals surface area contributed by atoms with Gasteiger partial charge in [-0.2, -0.15) is 0 Å². The molecule has 0 bridgehead atoms. The number of aromatic hydroxyl groups is 1. The quantitative estimate of drug-likeness (QED) is 0.0196. The summed E-state index contributed by atoms with van der Waals surface area (Å²) in [6.45, 7) is 3.64. The van der Waals surface area contributed by atoms with Crippen LogP contribution in [0.15, 0.2) is 66.7 Å². The fraction of sp³-hybridized carbons (Fsp3) is 0.552. The molecule has 4 saturated heterocycles. The molecule has 8 amide bonds. The molecule has 5 fully saturated rings. The smallest absolute Gasteiger partial charge is 0.691 e. The first-order valence-corrected chi connectivity index (χ1v) is 30.1. The molecule has 1 saturated carbocycles. The molecule has 30 nitrogen and oxygen atoms in total. The summed E-state index contributed by atoms with van der Waals surface area (Å²) in [7, 11) is 0. The molecule has 12 unspecified atom stereocenters. The molecule has 486 valence electrons. The first kappa shape index (κ1) is 70.9. The summed E-state index contributed by atoms with van der Waals surface area (Å²) in [5.74, 6) is -10.1. The SMILES string of the molecule is CC(O)C1NC(=O)[C@@H](NC(=O)c2ccc(N3CCN(c4ccc(OC5CCCCC5)cc4)CC3)cc2)CC(O)CNC(=O)C2C(O)C(C)CN2C(=O)C(C(O)CC(N)=O)NC(=O)C(C(O)Cc2ccc(O)c(OSOO[O-])c2)NC(=O)C2CC(O)CN2C1=O.[Na+]. The van der Waals surface area contributed by atoms with Crippen molar-refractivity contribution in [2.45, 2.75) is 151 Å². The standard InChI is InChI=1S/C58H78N10O20S.Na/c1-30-28-68-50(51(30)76)56(81)60-27-36(70)24-40(61-52(77)33-9-11-34(12-10-33)65-18-20-66(21-19-65)35-13-15-39(16-14-35)85-38-6-4-3-5-7-38)53(78)62-47(31(2)69)57(82)67-29-37(71)25-41(67)54(79)63-48(55(80)64-49(58(68)83)44(74)26-46(59)75)43(73)22-32-8-17-42(72)45(23-32)86-89-88-87-84;/h8-17,23,30-31,36-38,40-41,43-44,47-51,69-74,76,84H,3-7,18-22,24-29H2,1-2H3,(H2,59,75)(H,60,81)(H,61,77)(H,62,78)(H,63,79)(H,64,80);/q;+1/p-1/t30?,31?,36?,37?,40-,41?,43?,44?,47?,48?,49?,50?,51?;/m0./s1. The van der Waals surface area contributed by atoms with Crippen molar-refractivity contribution in [2.75, 3.05) is 55.6 Å². The van der Waals surface area contributed by atoms with E-state index in [9.17, 15) is 79.4 Å². The van der Waals surface area contributed by atoms with E-state index in [-0.39, 0.29) is 64.9 Å². The van der Waals surface area contributed by atoms with E-state index in [4.69, 9.17) is 14.7 Å². The number of fused-ring (bicyclic) bond motifs is 2. The Kier molecular flexibility index (Phi) is 25.7. The van der Waals surface area contributed by atoms with Gasteiger partial charge in [-0.15, -0.1) is 4.33 Å². The number of anilines is 2. The predicted molar refractivity (Wildman–Crippen MR) is 312 cm³/mol. The number of carbonyl (C=O) groups is 8. The van der Waals surface area contributed by atoms with Crippen molar-refractivity contribution < 1.29 is 127 Å². The number of benzene rings is 3. The number of nitrogens with two attached hydrogens (primary N) is 1. The third-order valence-electron chi connectivity index (χ3n) is 16.6. The average Bonchev–Trinajstić information content (AvgIpc) is 1.72. The number of hydrogen-bond donors (Lipinski definition) is 13. The van der Waals surface area contributed by atoms with Crippen LogP contribution in [0.2, 0.25) is 0 Å². The van der Waals surface area contributed by atoms with Crippen molar-refractivity contribution in [2.24, 2.45) is 11.7 Å². The Bertz CT molecular complexity index is 2980. The Morgan fingerprint density at radius 1 is 0.744 bits per heavy atom. The Morgan fingerprint density at radius 2 is 1.36 bits per heavy atom. The van der Waals surface area contributed by atoms with Gasteiger partial charge in [0.1, 0.15) is 42.0 Å². The molecule has 14 N–H and O–H groups in total. The zero-order chi connectivity index (χ0) is 64.2. The minimum atomic E-state index is -2.21. The van der Waals surface area contributed by atoms with E-state index in [1.54, 1.807) is 12.1 Å². The zero-order valence-corrected chi connectivity index (χ0v) is 52.8. The molecule has 5 aliphatic rings. The molecular formula is C58H77N10NaO20S. The number of hydrogen-bond acceptors (Lipinski definition) is 23. The topological polar surface area (TPSA) is 437 Å². The predicted octanol–water partition coefficient (Wildman–Crippen LogP) is -6.58. The van der Waals surface area contributed by atoms with E-state index in [1.165, 1.54) is 44.4 Å². The maximum Gasteiger partial charge on any atom is 1.00 e. The van der Waals surface area contributed by atoms with Crippen LogP contribution in [0.5, 0.6) is 17.2 Å². The van der Waals surface area contributed by atoms with Gasteiger partial charge < -0.3 is 102 Å². The third-order valence-corrected chi connectivity index (χ3v) is 17.0. The van der Waals surface area contributed by atoms with Gasteiger partial charge in [0, 0.05) is 87.9 Å². The Labute approximate surface area is 544 Å². The fourth-order valence-electron chi connectivity index (χ4n) is 11.8. The number of β-amino-alcohol motifs (C(OH)–C–C–N with tert-alkyl or cyclic N) is 1. The number of carbonyl (C=O) groups excluding carboxylic acids is 8. The fourth-order valence-corrected chi connectivity index (χ4v) is 12.1. The van der Waals surface area contributed by atoms with Crippen LogP contribution in [-0.4, -0.2) is 218 Å². The first-order chi connectivity index (χ1) is 42.5. The van der Waals surface area contributed by atoms with Crippen molar-refractivity contribution in [3.8, 4) is 17.2 Å². The second-order valence-electron chi connectivity index (χ2n) is 23.2. The van der Waals surface area contributed by atoms with Crippen molar-refractivity contribution in [3.63, 3.8) is 0 Å². The Balaban J connectivity index is 0.0000115. The molecule has 3 aromatic carbocycles. The van der Waals surface area contributed by atoms with Crippen molar-refractivity contribution in [1.29, 1.82) is 0 Å². The second-order valence-corrected chi connectivity index (χ2v) is 23.6. The number of amides is 8. The Morgan fingerprint density at radius 3 is 1.98 bits per heavy atom. The number of aliphatic hydroxyl groups excluding tert-OH is 6. The van der Waals surface area contributed by atoms with Crippen molar-refractivity contribution in [1.82, 2.24) is 36.4 Å². The molecule has 32 heteroatoms. The molecule has 8 rings (SSSR count). The van der Waals surface area contributed by atoms with Gasteiger partial charge >= 0.3 is 29.6 Å². The molecule has 4 heterocycles. The van der Waals surface area contributed by atoms with Gasteiger partial charge in [0.2, 0.25) is 41.4 Å². The number of rotatable bonds is 17. The molecule has 0 spiro atoms. The zero-order valence-electron chi connectivity index (χ0n) is 50.0. The minimum absolute atomic E-state index is 0. The van der Waals surface area contributed by atoms with Gasteiger partial charge in [0.15, 0.2) is 11.5 Å². The molecule has 13 atom stereocenters. The largest absolute Gasteiger partial charge is 1.00 e. The van der Waals surface area contributed by atoms with Crippen LogP contribution < -0.4 is 85.9 Å². The first-order valence-electron chi connectivity index (χ1n) is 29.5. The van der Waals surface area contributed by atoms with E-state index in [1.807, 2.05) is 12.1 Å². The van der Waals surface area contributed by atoms with Gasteiger partial charge in [0.25, 0.3) is 18.2 Å². The minimum Gasteiger partial charge on any atom is -0.691 e. The summed E-state index contributed by atoms with van der Waals surface area (Å²) < 4.78 is 15.4. The molecule has 90 heavy (non-hydrogen) atoms. The van der Waals surface area contributed by atoms with Crippen LogP contribution in [0.1, 0.15) is 81.1 Å². The molecule has 0 radical (unpaired) electrons. The molecule has 1 aliphatic carbocycles. The van der Waals surface area contributed by atoms with Gasteiger partial charge in [-0.3, -0.25) is 43.4 Å². The van der Waals surface area contributed by atoms with Crippen LogP contribution in [-0.2, 0) is 49.4 Å². The monoisotopic (exact) mass is 1290 g/mol. The van der Waals surface area contributed by atoms with E-state index in [0.29, 0.717) is 26.2 Å². The number of piperazine rings is 1. The number of nitrogens with zero attached hydrogens (tertiary/aromatic N) is 4. The van der Waals surface area contributed by atoms with Crippen LogP contribution in [0.3, 0.4) is 0 Å². The van der Waals surface area contributed by atoms with Crippen LogP contribution in [0.25, 0.3) is 0 Å². The maximum absolute atomic E-state index is 14.7.